The second kappa shape index (κ2) is 10.9. The van der Waals surface area contributed by atoms with Crippen LogP contribution in [-0.2, 0) is 22.4 Å². The summed E-state index contributed by atoms with van der Waals surface area (Å²) in [5.41, 5.74) is 2.42. The number of anilines is 1. The van der Waals surface area contributed by atoms with Crippen LogP contribution < -0.4 is 5.32 Å². The molecule has 0 aromatic carbocycles. The zero-order chi connectivity index (χ0) is 20.5. The van der Waals surface area contributed by atoms with Gasteiger partial charge in [-0.1, -0.05) is 19.9 Å². The van der Waals surface area contributed by atoms with Gasteiger partial charge in [-0.25, -0.2) is 4.79 Å². The number of esters is 1. The van der Waals surface area contributed by atoms with Crippen molar-refractivity contribution < 1.29 is 14.3 Å². The standard InChI is InChI=1S/C21H29N3O3S/c1-5-27-21(26)19-16(12-15(2)3)14-28-20(19)23-18(25)13-24(4)11-9-17-8-6-7-10-22-17/h6-8,10,14-15H,5,9,11-13H2,1-4H3,(H,23,25). The Labute approximate surface area is 170 Å². The van der Waals surface area contributed by atoms with Gasteiger partial charge in [0.1, 0.15) is 5.00 Å². The summed E-state index contributed by atoms with van der Waals surface area (Å²) in [4.78, 5) is 31.1. The average molecular weight is 404 g/mol. The van der Waals surface area contributed by atoms with Crippen molar-refractivity contribution in [1.29, 1.82) is 0 Å². The maximum Gasteiger partial charge on any atom is 0.341 e. The summed E-state index contributed by atoms with van der Waals surface area (Å²) in [7, 11) is 1.90. The van der Waals surface area contributed by atoms with E-state index in [-0.39, 0.29) is 18.4 Å². The van der Waals surface area contributed by atoms with Crippen LogP contribution in [0.4, 0.5) is 5.00 Å². The lowest BCUT2D eigenvalue weighted by Gasteiger charge is -2.16. The first-order valence-corrected chi connectivity index (χ1v) is 10.4. The normalized spacial score (nSPS) is 11.1. The number of thiophene rings is 1. The molecule has 0 fully saturated rings. The van der Waals surface area contributed by atoms with Gasteiger partial charge in [-0.05, 0) is 49.4 Å². The molecule has 7 heteroatoms. The SMILES string of the molecule is CCOC(=O)c1c(CC(C)C)csc1NC(=O)CN(C)CCc1ccccn1. The lowest BCUT2D eigenvalue weighted by atomic mass is 10.0. The van der Waals surface area contributed by atoms with Crippen molar-refractivity contribution in [2.24, 2.45) is 5.92 Å². The molecular formula is C21H29N3O3S. The molecule has 6 nitrogen and oxygen atoms in total. The molecule has 0 atom stereocenters. The second-order valence-corrected chi connectivity index (χ2v) is 8.02. The number of pyridine rings is 1. The Bertz CT molecular complexity index is 774. The number of carbonyl (C=O) groups excluding carboxylic acids is 2. The molecule has 2 rings (SSSR count). The monoisotopic (exact) mass is 403 g/mol. The Balaban J connectivity index is 1.98. The van der Waals surface area contributed by atoms with Gasteiger partial charge in [0.2, 0.25) is 5.91 Å². The molecule has 0 aliphatic heterocycles. The largest absolute Gasteiger partial charge is 0.462 e. The molecule has 152 valence electrons. The molecule has 2 aromatic rings. The predicted octanol–water partition coefficient (Wildman–Crippen LogP) is 3.63. The maximum atomic E-state index is 12.5. The zero-order valence-corrected chi connectivity index (χ0v) is 17.8. The van der Waals surface area contributed by atoms with Crippen molar-refractivity contribution in [3.63, 3.8) is 0 Å². The number of rotatable bonds is 10. The molecule has 28 heavy (non-hydrogen) atoms. The maximum absolute atomic E-state index is 12.5. The van der Waals surface area contributed by atoms with Gasteiger partial charge in [0.25, 0.3) is 0 Å². The van der Waals surface area contributed by atoms with E-state index in [9.17, 15) is 9.59 Å². The summed E-state index contributed by atoms with van der Waals surface area (Å²) in [5.74, 6) is -0.116. The highest BCUT2D eigenvalue weighted by atomic mass is 32.1. The highest BCUT2D eigenvalue weighted by Crippen LogP contribution is 2.30. The van der Waals surface area contributed by atoms with Crippen molar-refractivity contribution >= 4 is 28.2 Å². The molecule has 2 heterocycles. The van der Waals surface area contributed by atoms with Crippen molar-refractivity contribution in [2.75, 3.05) is 32.1 Å². The average Bonchev–Trinajstić information content (AvgIpc) is 3.02. The quantitative estimate of drug-likeness (QED) is 0.614. The second-order valence-electron chi connectivity index (χ2n) is 7.14. The van der Waals surface area contributed by atoms with Crippen LogP contribution >= 0.6 is 11.3 Å². The number of likely N-dealkylation sites (N-methyl/N-ethyl adjacent to an activating group) is 1. The molecule has 0 bridgehead atoms. The van der Waals surface area contributed by atoms with Gasteiger partial charge in [-0.2, -0.15) is 0 Å². The fraction of sp³-hybridized carbons (Fsp3) is 0.476. The Morgan fingerprint density at radius 2 is 2.11 bits per heavy atom. The lowest BCUT2D eigenvalue weighted by molar-refractivity contribution is -0.117. The molecular weight excluding hydrogens is 374 g/mol. The number of ether oxygens (including phenoxy) is 1. The van der Waals surface area contributed by atoms with E-state index in [1.807, 2.05) is 35.5 Å². The van der Waals surface area contributed by atoms with Crippen molar-refractivity contribution in [1.82, 2.24) is 9.88 Å². The highest BCUT2D eigenvalue weighted by Gasteiger charge is 2.22. The molecule has 1 amide bonds. The van der Waals surface area contributed by atoms with Crippen LogP contribution in [0.5, 0.6) is 0 Å². The number of hydrogen-bond donors (Lipinski definition) is 1. The van der Waals surface area contributed by atoms with Crippen LogP contribution in [0.25, 0.3) is 0 Å². The molecule has 0 radical (unpaired) electrons. The van der Waals surface area contributed by atoms with E-state index >= 15 is 0 Å². The molecule has 1 N–H and O–H groups in total. The number of nitrogens with one attached hydrogen (secondary N) is 1. The van der Waals surface area contributed by atoms with E-state index < -0.39 is 0 Å². The third kappa shape index (κ3) is 6.73. The van der Waals surface area contributed by atoms with Gasteiger partial charge in [0.15, 0.2) is 0 Å². The Hall–Kier alpha value is -2.25. The summed E-state index contributed by atoms with van der Waals surface area (Å²) in [6.45, 7) is 7.24. The Morgan fingerprint density at radius 3 is 2.75 bits per heavy atom. The third-order valence-electron chi connectivity index (χ3n) is 4.12. The number of aromatic nitrogens is 1. The van der Waals surface area contributed by atoms with Crippen molar-refractivity contribution in [2.45, 2.75) is 33.6 Å². The van der Waals surface area contributed by atoms with Gasteiger partial charge in [-0.15, -0.1) is 11.3 Å². The van der Waals surface area contributed by atoms with E-state index in [0.717, 1.165) is 30.6 Å². The molecule has 0 spiro atoms. The van der Waals surface area contributed by atoms with Gasteiger partial charge in [0, 0.05) is 24.9 Å². The van der Waals surface area contributed by atoms with E-state index in [0.29, 0.717) is 23.1 Å². The number of carbonyl (C=O) groups is 2. The van der Waals surface area contributed by atoms with Gasteiger partial charge < -0.3 is 10.1 Å². The van der Waals surface area contributed by atoms with Crippen LogP contribution in [0.2, 0.25) is 0 Å². The zero-order valence-electron chi connectivity index (χ0n) is 17.0. The number of nitrogens with zero attached hydrogens (tertiary/aromatic N) is 2. The molecule has 0 unspecified atom stereocenters. The first-order chi connectivity index (χ1) is 13.4. The first kappa shape index (κ1) is 22.0. The van der Waals surface area contributed by atoms with Crippen LogP contribution in [0, 0.1) is 5.92 Å². The minimum absolute atomic E-state index is 0.146. The Kier molecular flexibility index (Phi) is 8.60. The fourth-order valence-electron chi connectivity index (χ4n) is 2.84. The van der Waals surface area contributed by atoms with E-state index in [1.165, 1.54) is 11.3 Å². The smallest absolute Gasteiger partial charge is 0.341 e. The van der Waals surface area contributed by atoms with E-state index in [2.05, 4.69) is 24.1 Å². The molecule has 0 aliphatic rings. The molecule has 0 saturated carbocycles. The summed E-state index contributed by atoms with van der Waals surface area (Å²) in [5, 5.41) is 5.40. The molecule has 0 aliphatic carbocycles. The minimum Gasteiger partial charge on any atom is -0.462 e. The summed E-state index contributed by atoms with van der Waals surface area (Å²) in [6, 6.07) is 5.81. The van der Waals surface area contributed by atoms with Gasteiger partial charge in [0.05, 0.1) is 18.7 Å². The van der Waals surface area contributed by atoms with Gasteiger partial charge in [-0.3, -0.25) is 14.7 Å². The lowest BCUT2D eigenvalue weighted by Crippen LogP contribution is -2.32. The van der Waals surface area contributed by atoms with Crippen molar-refractivity contribution in [3.05, 3.63) is 46.6 Å². The summed E-state index contributed by atoms with van der Waals surface area (Å²) < 4.78 is 5.20. The first-order valence-electron chi connectivity index (χ1n) is 9.56. The summed E-state index contributed by atoms with van der Waals surface area (Å²) in [6.07, 6.45) is 3.31. The Morgan fingerprint density at radius 1 is 1.32 bits per heavy atom. The van der Waals surface area contributed by atoms with Crippen LogP contribution in [0.1, 0.15) is 42.4 Å². The number of amides is 1. The minimum atomic E-state index is -0.377. The molecule has 2 aromatic heterocycles. The van der Waals surface area contributed by atoms with Gasteiger partial charge >= 0.3 is 5.97 Å². The predicted molar refractivity (Wildman–Crippen MR) is 113 cm³/mol. The highest BCUT2D eigenvalue weighted by molar-refractivity contribution is 7.15. The molecule has 0 saturated heterocycles. The van der Waals surface area contributed by atoms with Crippen molar-refractivity contribution in [3.8, 4) is 0 Å². The van der Waals surface area contributed by atoms with Crippen LogP contribution in [0.15, 0.2) is 29.8 Å². The van der Waals surface area contributed by atoms with Crippen LogP contribution in [-0.4, -0.2) is 48.5 Å². The summed E-state index contributed by atoms with van der Waals surface area (Å²) >= 11 is 1.38. The third-order valence-corrected chi connectivity index (χ3v) is 5.06. The fourth-order valence-corrected chi connectivity index (χ4v) is 3.82. The topological polar surface area (TPSA) is 71.5 Å². The van der Waals surface area contributed by atoms with E-state index in [4.69, 9.17) is 4.74 Å². The van der Waals surface area contributed by atoms with E-state index in [1.54, 1.807) is 13.1 Å². The van der Waals surface area contributed by atoms with Crippen LogP contribution in [0.3, 0.4) is 0 Å². The number of hydrogen-bond acceptors (Lipinski definition) is 6.